The van der Waals surface area contributed by atoms with Crippen LogP contribution >= 0.6 is 0 Å². The number of ether oxygens (including phenoxy) is 1. The van der Waals surface area contributed by atoms with Gasteiger partial charge in [-0.25, -0.2) is 0 Å². The second-order valence-corrected chi connectivity index (χ2v) is 3.18. The van der Waals surface area contributed by atoms with Gasteiger partial charge in [-0.15, -0.1) is 0 Å². The highest BCUT2D eigenvalue weighted by Gasteiger charge is 2.07. The monoisotopic (exact) mass is 181 g/mol. The van der Waals surface area contributed by atoms with Gasteiger partial charge in [-0.05, 0) is 19.9 Å². The summed E-state index contributed by atoms with van der Waals surface area (Å²) >= 11 is 0. The standard InChI is InChI=1S/C10H15NO2/c1-8(2)13-7-10(12)9-4-3-5-11-6-9/h3-6,8,10,12H,7H2,1-2H3. The maximum Gasteiger partial charge on any atom is 0.104 e. The lowest BCUT2D eigenvalue weighted by Crippen LogP contribution is -2.11. The van der Waals surface area contributed by atoms with E-state index >= 15 is 0 Å². The molecule has 0 saturated heterocycles. The molecule has 1 heterocycles. The molecule has 0 fully saturated rings. The fourth-order valence-corrected chi connectivity index (χ4v) is 0.953. The van der Waals surface area contributed by atoms with E-state index in [9.17, 15) is 5.11 Å². The van der Waals surface area contributed by atoms with E-state index in [4.69, 9.17) is 4.74 Å². The first kappa shape index (κ1) is 10.2. The van der Waals surface area contributed by atoms with Gasteiger partial charge in [-0.3, -0.25) is 4.98 Å². The normalized spacial score (nSPS) is 13.2. The van der Waals surface area contributed by atoms with Gasteiger partial charge in [0.1, 0.15) is 6.10 Å². The Bertz CT molecular complexity index is 236. The third kappa shape index (κ3) is 3.53. The topological polar surface area (TPSA) is 42.4 Å². The molecule has 0 amide bonds. The summed E-state index contributed by atoms with van der Waals surface area (Å²) in [4.78, 5) is 3.92. The van der Waals surface area contributed by atoms with Crippen LogP contribution in [0, 0.1) is 0 Å². The van der Waals surface area contributed by atoms with E-state index in [1.54, 1.807) is 18.5 Å². The molecule has 0 aliphatic rings. The molecule has 0 aliphatic heterocycles. The molecule has 1 N–H and O–H groups in total. The summed E-state index contributed by atoms with van der Waals surface area (Å²) in [5.74, 6) is 0. The Balaban J connectivity index is 2.44. The molecule has 0 bridgehead atoms. The molecule has 3 nitrogen and oxygen atoms in total. The Morgan fingerprint density at radius 3 is 2.85 bits per heavy atom. The van der Waals surface area contributed by atoms with Crippen LogP contribution in [0.1, 0.15) is 25.5 Å². The zero-order chi connectivity index (χ0) is 9.68. The van der Waals surface area contributed by atoms with Gasteiger partial charge in [0.15, 0.2) is 0 Å². The minimum absolute atomic E-state index is 0.145. The number of hydrogen-bond donors (Lipinski definition) is 1. The van der Waals surface area contributed by atoms with Crippen molar-refractivity contribution in [2.24, 2.45) is 0 Å². The molecule has 1 unspecified atom stereocenters. The maximum absolute atomic E-state index is 9.60. The fourth-order valence-electron chi connectivity index (χ4n) is 0.953. The van der Waals surface area contributed by atoms with Crippen LogP contribution < -0.4 is 0 Å². The Morgan fingerprint density at radius 1 is 1.54 bits per heavy atom. The first-order valence-electron chi connectivity index (χ1n) is 4.39. The van der Waals surface area contributed by atoms with Crippen molar-refractivity contribution in [1.29, 1.82) is 0 Å². The summed E-state index contributed by atoms with van der Waals surface area (Å²) in [5.41, 5.74) is 0.795. The van der Waals surface area contributed by atoms with E-state index in [-0.39, 0.29) is 6.10 Å². The molecule has 0 saturated carbocycles. The van der Waals surface area contributed by atoms with Crippen LogP contribution in [0.2, 0.25) is 0 Å². The van der Waals surface area contributed by atoms with Gasteiger partial charge in [-0.2, -0.15) is 0 Å². The number of pyridine rings is 1. The number of aliphatic hydroxyl groups is 1. The molecule has 0 aromatic carbocycles. The smallest absolute Gasteiger partial charge is 0.104 e. The average molecular weight is 181 g/mol. The Kier molecular flexibility index (Phi) is 3.86. The summed E-state index contributed by atoms with van der Waals surface area (Å²) in [6, 6.07) is 3.63. The van der Waals surface area contributed by atoms with Crippen molar-refractivity contribution in [2.75, 3.05) is 6.61 Å². The van der Waals surface area contributed by atoms with Gasteiger partial charge in [-0.1, -0.05) is 6.07 Å². The molecule has 1 atom stereocenters. The van der Waals surface area contributed by atoms with E-state index in [0.717, 1.165) is 5.56 Å². The van der Waals surface area contributed by atoms with Crippen LogP contribution in [0.25, 0.3) is 0 Å². The number of rotatable bonds is 4. The van der Waals surface area contributed by atoms with Crippen molar-refractivity contribution < 1.29 is 9.84 Å². The van der Waals surface area contributed by atoms with Crippen molar-refractivity contribution in [3.05, 3.63) is 30.1 Å². The number of aromatic nitrogens is 1. The van der Waals surface area contributed by atoms with Gasteiger partial charge in [0.05, 0.1) is 12.7 Å². The number of hydrogen-bond acceptors (Lipinski definition) is 3. The molecule has 1 aromatic rings. The largest absolute Gasteiger partial charge is 0.386 e. The lowest BCUT2D eigenvalue weighted by molar-refractivity contribution is 0.00480. The SMILES string of the molecule is CC(C)OCC(O)c1cccnc1. The third-order valence-electron chi connectivity index (χ3n) is 1.66. The Hall–Kier alpha value is -0.930. The second-order valence-electron chi connectivity index (χ2n) is 3.18. The van der Waals surface area contributed by atoms with Gasteiger partial charge in [0, 0.05) is 18.0 Å². The second kappa shape index (κ2) is 4.94. The van der Waals surface area contributed by atoms with Crippen molar-refractivity contribution in [3.63, 3.8) is 0 Å². The van der Waals surface area contributed by atoms with E-state index in [1.807, 2.05) is 19.9 Å². The van der Waals surface area contributed by atoms with E-state index < -0.39 is 6.10 Å². The highest BCUT2D eigenvalue weighted by atomic mass is 16.5. The fraction of sp³-hybridized carbons (Fsp3) is 0.500. The molecule has 72 valence electrons. The first-order valence-corrected chi connectivity index (χ1v) is 4.39. The summed E-state index contributed by atoms with van der Waals surface area (Å²) < 4.78 is 5.28. The summed E-state index contributed by atoms with van der Waals surface area (Å²) in [5, 5.41) is 9.60. The lowest BCUT2D eigenvalue weighted by Gasteiger charge is -2.12. The van der Waals surface area contributed by atoms with Crippen LogP contribution in [-0.2, 0) is 4.74 Å². The molecule has 1 aromatic heterocycles. The summed E-state index contributed by atoms with van der Waals surface area (Å²) in [6.45, 7) is 4.20. The molecular weight excluding hydrogens is 166 g/mol. The predicted octanol–water partition coefficient (Wildman–Crippen LogP) is 1.54. The molecule has 0 aliphatic carbocycles. The molecule has 0 spiro atoms. The molecule has 3 heteroatoms. The minimum Gasteiger partial charge on any atom is -0.386 e. The molecular formula is C10H15NO2. The molecule has 0 radical (unpaired) electrons. The summed E-state index contributed by atoms with van der Waals surface area (Å²) in [7, 11) is 0. The van der Waals surface area contributed by atoms with Crippen LogP contribution in [0.5, 0.6) is 0 Å². The lowest BCUT2D eigenvalue weighted by atomic mass is 10.2. The number of nitrogens with zero attached hydrogens (tertiary/aromatic N) is 1. The van der Waals surface area contributed by atoms with Crippen LogP contribution in [0.15, 0.2) is 24.5 Å². The van der Waals surface area contributed by atoms with E-state index in [1.165, 1.54) is 0 Å². The maximum atomic E-state index is 9.60. The Morgan fingerprint density at radius 2 is 2.31 bits per heavy atom. The molecule has 13 heavy (non-hydrogen) atoms. The van der Waals surface area contributed by atoms with Crippen LogP contribution in [0.3, 0.4) is 0 Å². The zero-order valence-electron chi connectivity index (χ0n) is 7.97. The first-order chi connectivity index (χ1) is 6.20. The predicted molar refractivity (Wildman–Crippen MR) is 50.3 cm³/mol. The zero-order valence-corrected chi connectivity index (χ0v) is 7.97. The van der Waals surface area contributed by atoms with Crippen LogP contribution in [0.4, 0.5) is 0 Å². The van der Waals surface area contributed by atoms with E-state index in [0.29, 0.717) is 6.61 Å². The van der Waals surface area contributed by atoms with Gasteiger partial charge in [0.25, 0.3) is 0 Å². The van der Waals surface area contributed by atoms with Crippen molar-refractivity contribution >= 4 is 0 Å². The van der Waals surface area contributed by atoms with Gasteiger partial charge in [0.2, 0.25) is 0 Å². The van der Waals surface area contributed by atoms with Gasteiger partial charge < -0.3 is 9.84 Å². The minimum atomic E-state index is -0.573. The van der Waals surface area contributed by atoms with E-state index in [2.05, 4.69) is 4.98 Å². The van der Waals surface area contributed by atoms with Crippen molar-refractivity contribution in [1.82, 2.24) is 4.98 Å². The highest BCUT2D eigenvalue weighted by molar-refractivity contribution is 5.11. The quantitative estimate of drug-likeness (QED) is 0.766. The summed E-state index contributed by atoms with van der Waals surface area (Å²) in [6.07, 6.45) is 2.90. The average Bonchev–Trinajstić information content (AvgIpc) is 2.15. The molecule has 1 rings (SSSR count). The van der Waals surface area contributed by atoms with Crippen molar-refractivity contribution in [2.45, 2.75) is 26.1 Å². The highest BCUT2D eigenvalue weighted by Crippen LogP contribution is 2.11. The van der Waals surface area contributed by atoms with Crippen LogP contribution in [-0.4, -0.2) is 22.8 Å². The van der Waals surface area contributed by atoms with Crippen molar-refractivity contribution in [3.8, 4) is 0 Å². The Labute approximate surface area is 78.4 Å². The van der Waals surface area contributed by atoms with Gasteiger partial charge >= 0.3 is 0 Å². The third-order valence-corrected chi connectivity index (χ3v) is 1.66. The number of aliphatic hydroxyl groups excluding tert-OH is 1.